The fourth-order valence-corrected chi connectivity index (χ4v) is 19.1. The molecule has 20 heteroatoms. The first kappa shape index (κ1) is 111. The molecule has 702 valence electrons. The molecule has 2 heterocycles. The van der Waals surface area contributed by atoms with Crippen molar-refractivity contribution >= 4 is 7.82 Å². The lowest BCUT2D eigenvalue weighted by atomic mass is 9.85. The van der Waals surface area contributed by atoms with E-state index < -0.39 is 94.0 Å². The van der Waals surface area contributed by atoms with Crippen LogP contribution in [0.4, 0.5) is 0 Å². The summed E-state index contributed by atoms with van der Waals surface area (Å²) in [6.07, 6.45) is 37.2. The van der Waals surface area contributed by atoms with Gasteiger partial charge in [0, 0.05) is 26.4 Å². The minimum atomic E-state index is -4.98. The quantitative estimate of drug-likeness (QED) is 0.0758. The van der Waals surface area contributed by atoms with Gasteiger partial charge in [0.15, 0.2) is 6.29 Å². The number of hydrogen-bond acceptors (Lipinski definition) is 18. The molecule has 0 radical (unpaired) electrons. The molecule has 1 saturated heterocycles. The van der Waals surface area contributed by atoms with Crippen LogP contribution >= 0.6 is 7.82 Å². The average molecular weight is 1700 g/mol. The topological polar surface area (TPSA) is 293 Å². The third kappa shape index (κ3) is 52.5. The second kappa shape index (κ2) is 65.7. The van der Waals surface area contributed by atoms with Crippen molar-refractivity contribution in [2.45, 2.75) is 460 Å². The Morgan fingerprint density at radius 2 is 0.593 bits per heavy atom. The first-order valence-electron chi connectivity index (χ1n) is 49.2. The molecule has 3 unspecified atom stereocenters. The summed E-state index contributed by atoms with van der Waals surface area (Å²) in [4.78, 5) is 10.7. The Hall–Kier alpha value is -0.750. The molecular formula is C98H191O19P. The highest BCUT2D eigenvalue weighted by atomic mass is 31.2. The van der Waals surface area contributed by atoms with Gasteiger partial charge in [-0.25, -0.2) is 4.57 Å². The normalized spacial score (nSPS) is 40.0. The van der Waals surface area contributed by atoms with Crippen LogP contribution in [-0.2, 0) is 42.0 Å². The first-order valence-corrected chi connectivity index (χ1v) is 50.7. The number of phosphoric ester groups is 1. The maximum absolute atomic E-state index is 13.2. The Kier molecular flexibility index (Phi) is 62.1. The average Bonchev–Trinajstić information content (AvgIpc) is 0.785. The smallest absolute Gasteiger partial charge is 0.394 e. The molecule has 1 aliphatic carbocycles. The molecular weight excluding hydrogens is 1510 g/mol. The molecule has 1 saturated carbocycles. The van der Waals surface area contributed by atoms with Crippen LogP contribution in [-0.4, -0.2) is 190 Å². The summed E-state index contributed by atoms with van der Waals surface area (Å²) < 4.78 is 60.5. The lowest BCUT2D eigenvalue weighted by Crippen LogP contribution is -2.64. The number of allylic oxidation sites excluding steroid dienone is 2. The molecule has 118 heavy (non-hydrogen) atoms. The van der Waals surface area contributed by atoms with Crippen LogP contribution in [0.1, 0.15) is 380 Å². The largest absolute Gasteiger partial charge is 0.472 e. The van der Waals surface area contributed by atoms with E-state index in [4.69, 9.17) is 37.5 Å². The van der Waals surface area contributed by atoms with Gasteiger partial charge in [0.1, 0.15) is 73.2 Å². The zero-order chi connectivity index (χ0) is 87.4. The zero-order valence-corrected chi connectivity index (χ0v) is 79.4. The number of phosphoric acid groups is 1. The van der Waals surface area contributed by atoms with Crippen molar-refractivity contribution in [1.29, 1.82) is 0 Å². The molecule has 3 rings (SSSR count). The number of hydrogen-bond donors (Lipinski definition) is 10. The summed E-state index contributed by atoms with van der Waals surface area (Å²) in [7, 11) is -4.98. The molecule has 0 aromatic rings. The van der Waals surface area contributed by atoms with Crippen LogP contribution in [0, 0.1) is 94.7 Å². The monoisotopic (exact) mass is 1700 g/mol. The highest BCUT2D eigenvalue weighted by molar-refractivity contribution is 7.47. The van der Waals surface area contributed by atoms with Gasteiger partial charge in [-0.3, -0.25) is 9.05 Å². The van der Waals surface area contributed by atoms with Gasteiger partial charge in [-0.2, -0.15) is 0 Å². The predicted molar refractivity (Wildman–Crippen MR) is 481 cm³/mol. The van der Waals surface area contributed by atoms with Crippen LogP contribution in [0.2, 0.25) is 0 Å². The molecule has 0 bridgehead atoms. The Balaban J connectivity index is 1.51. The maximum Gasteiger partial charge on any atom is 0.472 e. The van der Waals surface area contributed by atoms with Gasteiger partial charge in [-0.15, -0.1) is 0 Å². The van der Waals surface area contributed by atoms with Gasteiger partial charge in [-0.05, 0) is 127 Å². The van der Waals surface area contributed by atoms with Crippen molar-refractivity contribution in [3.8, 4) is 0 Å². The molecule has 0 amide bonds. The van der Waals surface area contributed by atoms with Crippen molar-refractivity contribution < 1.29 is 92.9 Å². The van der Waals surface area contributed by atoms with Crippen molar-refractivity contribution in [3.05, 3.63) is 12.2 Å². The molecule has 0 spiro atoms. The first-order chi connectivity index (χ1) is 56.2. The van der Waals surface area contributed by atoms with E-state index in [0.29, 0.717) is 62.6 Å². The van der Waals surface area contributed by atoms with Gasteiger partial charge in [0.2, 0.25) is 0 Å². The fourth-order valence-electron chi connectivity index (χ4n) is 18.1. The lowest BCUT2D eigenvalue weighted by molar-refractivity contribution is -0.306. The lowest BCUT2D eigenvalue weighted by Gasteiger charge is -2.41. The second-order valence-corrected chi connectivity index (χ2v) is 42.1. The Bertz CT molecular complexity index is 2420. The standard InChI is InChI=1S/C98H191O19P/c1-70-29-17-33-74(5)41-25-49-82(13)57-61-110-66-86(68-114-98-96(107)90(101)89(100)88(65-99)116-98)112-63-59-84(15)51-27-43-76(7)35-19-31-72(3)39-23-47-80(11)55-56-81(12)48-24-40-73(4)32-20-36-77(8)44-28-52-85(16)60-64-113-87(69-115-118(108,109)117-97-94(105)92(103)91(102)93(104)95(97)106)67-111-62-58-83(14)50-26-42-75(6)34-18-30-71(2)38-22-46-79(10)54-53-78(9)45-21-37-70/h26,50,70-107H,17-25,27-49,51-69H2,1-16H3,(H,108,109)/b50-26-/t70-,71-,72-,73-,74+,75+,76+,77+,78-,79-,80-,81-,82+,83+,84+,85+,86-,87-,88+,89+,90-,91?,92-,93+,94+,95+,96+,97?,98+/m0/s1. The zero-order valence-electron chi connectivity index (χ0n) is 78.6. The van der Waals surface area contributed by atoms with Crippen LogP contribution in [0.3, 0.4) is 0 Å². The minimum absolute atomic E-state index is 0.0829. The summed E-state index contributed by atoms with van der Waals surface area (Å²) in [5.41, 5.74) is 0. The van der Waals surface area contributed by atoms with E-state index in [1.165, 1.54) is 218 Å². The summed E-state index contributed by atoms with van der Waals surface area (Å²) in [5.74, 6) is 10.7. The van der Waals surface area contributed by atoms with E-state index in [0.717, 1.165) is 111 Å². The Morgan fingerprint density at radius 3 is 0.924 bits per heavy atom. The predicted octanol–water partition coefficient (Wildman–Crippen LogP) is 21.1. The number of aliphatic hydroxyl groups excluding tert-OH is 9. The van der Waals surface area contributed by atoms with Gasteiger partial charge in [0.05, 0.1) is 33.0 Å². The van der Waals surface area contributed by atoms with Crippen LogP contribution in [0.15, 0.2) is 12.2 Å². The van der Waals surface area contributed by atoms with Crippen molar-refractivity contribution in [2.75, 3.05) is 59.5 Å². The molecule has 19 nitrogen and oxygen atoms in total. The summed E-state index contributed by atoms with van der Waals surface area (Å²) >= 11 is 0. The molecule has 3 aliphatic rings. The number of aliphatic hydroxyl groups is 9. The molecule has 2 aliphatic heterocycles. The highest BCUT2D eigenvalue weighted by Gasteiger charge is 2.52. The van der Waals surface area contributed by atoms with E-state index >= 15 is 0 Å². The summed E-state index contributed by atoms with van der Waals surface area (Å²) in [5, 5.41) is 92.7. The van der Waals surface area contributed by atoms with E-state index in [-0.39, 0.29) is 25.7 Å². The molecule has 0 aromatic carbocycles. The molecule has 30 atom stereocenters. The number of rotatable bonds is 9. The van der Waals surface area contributed by atoms with Crippen LogP contribution in [0.25, 0.3) is 0 Å². The SMILES string of the molecule is C[C@@H]1CCC[C@H](C)CCC[C@H](C)CC[C@@H](C)CCC[C@@H](C)CCC[C@@H](C)C/C=C\[C@@H](C)CCOC[C@@H](COP(=O)(O)OC2[C@H](O)[C@H](O)C(O)[C@H](O)[C@H]2O)OCC[C@H](C)CCC[C@H](C)CCC[C@H](C)CCC[C@H](C)CC[C@@H](C)CCC[C@@H](C)CCC[C@@H](C)CCC[C@@H](C)CCO[C@H](CO[C@@H]2O[C@H](CO)[C@@H](O)[C@H](O)[C@H]2O)COCC[C@H](C)CCC1. The van der Waals surface area contributed by atoms with Crippen molar-refractivity contribution in [1.82, 2.24) is 0 Å². The fraction of sp³-hybridized carbons (Fsp3) is 0.980. The summed E-state index contributed by atoms with van der Waals surface area (Å²) in [6.45, 7) is 40.0. The molecule has 0 aromatic heterocycles. The van der Waals surface area contributed by atoms with Crippen molar-refractivity contribution in [2.24, 2.45) is 94.7 Å². The third-order valence-electron chi connectivity index (χ3n) is 27.7. The van der Waals surface area contributed by atoms with E-state index in [2.05, 4.69) is 123 Å². The highest BCUT2D eigenvalue weighted by Crippen LogP contribution is 2.47. The molecule has 10 N–H and O–H groups in total. The Morgan fingerprint density at radius 1 is 0.322 bits per heavy atom. The van der Waals surface area contributed by atoms with Gasteiger partial charge >= 0.3 is 7.82 Å². The van der Waals surface area contributed by atoms with Crippen LogP contribution in [0.5, 0.6) is 0 Å². The van der Waals surface area contributed by atoms with Gasteiger partial charge in [0.25, 0.3) is 0 Å². The molecule has 2 fully saturated rings. The van der Waals surface area contributed by atoms with E-state index in [1.807, 2.05) is 0 Å². The van der Waals surface area contributed by atoms with Gasteiger partial charge < -0.3 is 79.3 Å². The van der Waals surface area contributed by atoms with Gasteiger partial charge in [-0.1, -0.05) is 361 Å². The number of ether oxygens (including phenoxy) is 6. The maximum atomic E-state index is 13.2. The van der Waals surface area contributed by atoms with E-state index in [1.54, 1.807) is 0 Å². The Labute approximate surface area is 723 Å². The van der Waals surface area contributed by atoms with E-state index in [9.17, 15) is 55.4 Å². The minimum Gasteiger partial charge on any atom is -0.394 e. The summed E-state index contributed by atoms with van der Waals surface area (Å²) in [6, 6.07) is 0. The second-order valence-electron chi connectivity index (χ2n) is 40.7. The van der Waals surface area contributed by atoms with Crippen LogP contribution < -0.4 is 0 Å². The third-order valence-corrected chi connectivity index (χ3v) is 28.7. The van der Waals surface area contributed by atoms with Crippen molar-refractivity contribution in [3.63, 3.8) is 0 Å².